The Morgan fingerprint density at radius 1 is 1.32 bits per heavy atom. The van der Waals surface area contributed by atoms with Gasteiger partial charge in [-0.25, -0.2) is 9.79 Å². The highest BCUT2D eigenvalue weighted by Crippen LogP contribution is 2.28. The molecule has 0 saturated carbocycles. The van der Waals surface area contributed by atoms with Gasteiger partial charge in [-0.05, 0) is 12.5 Å². The number of nitrogens with one attached hydrogen (secondary N) is 1. The van der Waals surface area contributed by atoms with Crippen LogP contribution < -0.4 is 5.32 Å². The number of urea groups is 1. The van der Waals surface area contributed by atoms with Gasteiger partial charge in [0, 0.05) is 5.71 Å². The zero-order valence-electron chi connectivity index (χ0n) is 11.6. The van der Waals surface area contributed by atoms with Crippen LogP contribution in [-0.2, 0) is 9.53 Å². The molecule has 2 unspecified atom stereocenters. The molecule has 2 rings (SSSR count). The Bertz CT molecular complexity index is 599. The lowest BCUT2D eigenvalue weighted by molar-refractivity contribution is -0.188. The number of aliphatic imine (C=N–C) groups is 1. The van der Waals surface area contributed by atoms with E-state index >= 15 is 0 Å². The largest absolute Gasteiger partial charge is 0.455 e. The fourth-order valence-corrected chi connectivity index (χ4v) is 2.21. The monoisotopic (exact) mass is 314 g/mol. The van der Waals surface area contributed by atoms with Gasteiger partial charge in [-0.2, -0.15) is 13.2 Å². The van der Waals surface area contributed by atoms with Crippen LogP contribution in [0.2, 0.25) is 0 Å². The number of esters is 1. The van der Waals surface area contributed by atoms with Crippen molar-refractivity contribution in [1.82, 2.24) is 5.32 Å². The van der Waals surface area contributed by atoms with Gasteiger partial charge in [0.25, 0.3) is 0 Å². The third-order valence-corrected chi connectivity index (χ3v) is 3.13. The molecular formula is C14H13F3N2O3. The molecule has 0 radical (unpaired) electrons. The van der Waals surface area contributed by atoms with Gasteiger partial charge in [0.1, 0.15) is 5.92 Å². The molecule has 1 heterocycles. The van der Waals surface area contributed by atoms with Crippen LogP contribution in [0.4, 0.5) is 18.0 Å². The molecule has 2 atom stereocenters. The van der Waals surface area contributed by atoms with Crippen molar-refractivity contribution in [2.45, 2.75) is 19.1 Å². The topological polar surface area (TPSA) is 67.8 Å². The molecule has 0 bridgehead atoms. The lowest BCUT2D eigenvalue weighted by Gasteiger charge is -2.29. The number of ether oxygens (including phenoxy) is 1. The normalized spacial score (nSPS) is 21.8. The number of alkyl halides is 3. The fraction of sp³-hybridized carbons (Fsp3) is 0.357. The molecule has 5 nitrogen and oxygen atoms in total. The van der Waals surface area contributed by atoms with E-state index in [9.17, 15) is 22.8 Å². The third-order valence-electron chi connectivity index (χ3n) is 3.13. The second-order valence-electron chi connectivity index (χ2n) is 4.79. The molecule has 1 N–H and O–H groups in total. The minimum atomic E-state index is -4.61. The molecule has 0 fully saturated rings. The van der Waals surface area contributed by atoms with Crippen molar-refractivity contribution in [1.29, 1.82) is 0 Å². The summed E-state index contributed by atoms with van der Waals surface area (Å²) in [4.78, 5) is 27.1. The smallest absolute Gasteiger partial charge is 0.422 e. The Balaban J connectivity index is 2.25. The Morgan fingerprint density at radius 2 is 1.95 bits per heavy atom. The van der Waals surface area contributed by atoms with Crippen molar-refractivity contribution in [3.05, 3.63) is 35.9 Å². The minimum absolute atomic E-state index is 0.116. The molecule has 22 heavy (non-hydrogen) atoms. The lowest BCUT2D eigenvalue weighted by Crippen LogP contribution is -2.44. The second-order valence-corrected chi connectivity index (χ2v) is 4.79. The number of hydrogen-bond acceptors (Lipinski definition) is 3. The average Bonchev–Trinajstić information content (AvgIpc) is 2.44. The van der Waals surface area contributed by atoms with Gasteiger partial charge in [0.2, 0.25) is 0 Å². The summed E-state index contributed by atoms with van der Waals surface area (Å²) in [5.74, 6) is -2.17. The zero-order chi connectivity index (χ0) is 16.3. The van der Waals surface area contributed by atoms with Gasteiger partial charge < -0.3 is 10.1 Å². The van der Waals surface area contributed by atoms with E-state index < -0.39 is 36.7 Å². The zero-order valence-corrected chi connectivity index (χ0v) is 11.6. The number of nitrogens with zero attached hydrogens (tertiary/aromatic N) is 1. The summed E-state index contributed by atoms with van der Waals surface area (Å²) in [5, 5.41) is 2.48. The van der Waals surface area contributed by atoms with Gasteiger partial charge in [0.05, 0.1) is 6.04 Å². The summed E-state index contributed by atoms with van der Waals surface area (Å²) >= 11 is 0. The maximum atomic E-state index is 12.2. The maximum Gasteiger partial charge on any atom is 0.422 e. The average molecular weight is 314 g/mol. The Labute approximate surface area is 124 Å². The highest BCUT2D eigenvalue weighted by atomic mass is 19.4. The van der Waals surface area contributed by atoms with E-state index in [2.05, 4.69) is 15.0 Å². The standard InChI is InChI=1S/C14H13F3N2O3/c1-8-10(12(20)22-7-14(15,16)17)11(19-13(21)18-8)9-5-3-2-4-6-9/h2-6,10-11H,7H2,1H3,(H,19,21). The van der Waals surface area contributed by atoms with E-state index in [0.717, 1.165) is 0 Å². The van der Waals surface area contributed by atoms with Crippen LogP contribution in [0.25, 0.3) is 0 Å². The first-order valence-electron chi connectivity index (χ1n) is 6.42. The minimum Gasteiger partial charge on any atom is -0.455 e. The molecule has 0 spiro atoms. The summed E-state index contributed by atoms with van der Waals surface area (Å²) in [6.07, 6.45) is -4.61. The Hall–Kier alpha value is -2.38. The molecule has 2 amide bonds. The number of rotatable bonds is 3. The van der Waals surface area contributed by atoms with Crippen molar-refractivity contribution >= 4 is 17.7 Å². The molecule has 1 aliphatic rings. The first-order chi connectivity index (χ1) is 10.3. The van der Waals surface area contributed by atoms with Gasteiger partial charge in [0.15, 0.2) is 6.61 Å². The van der Waals surface area contributed by atoms with E-state index in [1.54, 1.807) is 30.3 Å². The quantitative estimate of drug-likeness (QED) is 0.872. The summed E-state index contributed by atoms with van der Waals surface area (Å²) in [6.45, 7) is -0.265. The highest BCUT2D eigenvalue weighted by molar-refractivity contribution is 6.08. The first kappa shape index (κ1) is 16.0. The Morgan fingerprint density at radius 3 is 2.55 bits per heavy atom. The number of benzene rings is 1. The van der Waals surface area contributed by atoms with E-state index in [1.165, 1.54) is 6.92 Å². The predicted molar refractivity (Wildman–Crippen MR) is 71.3 cm³/mol. The SMILES string of the molecule is CC1=NC(=O)NC(c2ccccc2)C1C(=O)OCC(F)(F)F. The molecular weight excluding hydrogens is 301 g/mol. The molecule has 1 aliphatic heterocycles. The molecule has 0 aliphatic carbocycles. The number of hydrogen-bond donors (Lipinski definition) is 1. The van der Waals surface area contributed by atoms with Crippen LogP contribution in [0.5, 0.6) is 0 Å². The molecule has 0 aromatic heterocycles. The van der Waals surface area contributed by atoms with E-state index in [1.807, 2.05) is 0 Å². The van der Waals surface area contributed by atoms with Crippen LogP contribution in [0.3, 0.4) is 0 Å². The fourth-order valence-electron chi connectivity index (χ4n) is 2.21. The number of carbonyl (C=O) groups excluding carboxylic acids is 2. The van der Waals surface area contributed by atoms with Gasteiger partial charge >= 0.3 is 18.2 Å². The van der Waals surface area contributed by atoms with E-state index in [-0.39, 0.29) is 5.71 Å². The van der Waals surface area contributed by atoms with Crippen LogP contribution in [0.15, 0.2) is 35.3 Å². The number of halogens is 3. The van der Waals surface area contributed by atoms with Crippen molar-refractivity contribution in [3.8, 4) is 0 Å². The predicted octanol–water partition coefficient (Wildman–Crippen LogP) is 2.63. The Kier molecular flexibility index (Phi) is 4.48. The molecule has 8 heteroatoms. The maximum absolute atomic E-state index is 12.2. The van der Waals surface area contributed by atoms with Crippen molar-refractivity contribution in [2.24, 2.45) is 10.9 Å². The highest BCUT2D eigenvalue weighted by Gasteiger charge is 2.39. The van der Waals surface area contributed by atoms with Crippen LogP contribution in [-0.4, -0.2) is 30.5 Å². The van der Waals surface area contributed by atoms with Crippen LogP contribution in [0.1, 0.15) is 18.5 Å². The van der Waals surface area contributed by atoms with Gasteiger partial charge in [-0.15, -0.1) is 0 Å². The third kappa shape index (κ3) is 3.84. The van der Waals surface area contributed by atoms with Gasteiger partial charge in [-0.1, -0.05) is 30.3 Å². The van der Waals surface area contributed by atoms with Crippen molar-refractivity contribution in [3.63, 3.8) is 0 Å². The number of amides is 2. The summed E-state index contributed by atoms with van der Waals surface area (Å²) < 4.78 is 40.9. The summed E-state index contributed by atoms with van der Waals surface area (Å²) in [7, 11) is 0. The van der Waals surface area contributed by atoms with Crippen LogP contribution in [0, 0.1) is 5.92 Å². The van der Waals surface area contributed by atoms with E-state index in [0.29, 0.717) is 5.56 Å². The summed E-state index contributed by atoms with van der Waals surface area (Å²) in [6, 6.07) is 6.99. The molecule has 1 aromatic rings. The number of carbonyl (C=O) groups is 2. The van der Waals surface area contributed by atoms with Crippen LogP contribution >= 0.6 is 0 Å². The van der Waals surface area contributed by atoms with Crippen molar-refractivity contribution < 1.29 is 27.5 Å². The second kappa shape index (κ2) is 6.17. The molecule has 1 aromatic carbocycles. The summed E-state index contributed by atoms with van der Waals surface area (Å²) in [5.41, 5.74) is 0.698. The van der Waals surface area contributed by atoms with Gasteiger partial charge in [-0.3, -0.25) is 4.79 Å². The molecule has 118 valence electrons. The molecule has 0 saturated heterocycles. The van der Waals surface area contributed by atoms with E-state index in [4.69, 9.17) is 0 Å². The lowest BCUT2D eigenvalue weighted by atomic mass is 9.88. The first-order valence-corrected chi connectivity index (χ1v) is 6.42. The van der Waals surface area contributed by atoms with Crippen molar-refractivity contribution in [2.75, 3.05) is 6.61 Å².